The normalized spacial score (nSPS) is 11.1. The van der Waals surface area contributed by atoms with Gasteiger partial charge in [-0.05, 0) is 6.42 Å². The van der Waals surface area contributed by atoms with E-state index >= 15 is 0 Å². The van der Waals surface area contributed by atoms with Crippen LogP contribution in [0.4, 0.5) is 0 Å². The molecule has 2 aromatic heterocycles. The Morgan fingerprint density at radius 3 is 2.50 bits per heavy atom. The first-order chi connectivity index (χ1) is 8.52. The van der Waals surface area contributed by atoms with Crippen molar-refractivity contribution < 1.29 is 9.30 Å². The number of hydrogen-bond acceptors (Lipinski definition) is 3. The highest BCUT2D eigenvalue weighted by Gasteiger charge is 2.25. The van der Waals surface area contributed by atoms with E-state index in [4.69, 9.17) is 4.74 Å². The summed E-state index contributed by atoms with van der Waals surface area (Å²) in [7, 11) is 4.62. The molecule has 1 N–H and O–H groups in total. The first kappa shape index (κ1) is 12.4. The second kappa shape index (κ2) is 4.32. The molecule has 0 aliphatic rings. The number of ether oxygens (including phenoxy) is 1. The molecular formula is C11H17N4O3+. The van der Waals surface area contributed by atoms with E-state index in [0.717, 1.165) is 11.0 Å². The third-order valence-corrected chi connectivity index (χ3v) is 3.02. The average molecular weight is 253 g/mol. The minimum Gasteiger partial charge on any atom is -0.434 e. The largest absolute Gasteiger partial charge is 0.456 e. The van der Waals surface area contributed by atoms with E-state index in [2.05, 4.69) is 4.98 Å². The number of H-pyrrole nitrogens is 1. The predicted octanol–water partition coefficient (Wildman–Crippen LogP) is -0.729. The Bertz CT molecular complexity index is 708. The zero-order valence-corrected chi connectivity index (χ0v) is 11.0. The van der Waals surface area contributed by atoms with E-state index in [1.165, 1.54) is 18.7 Å². The van der Waals surface area contributed by atoms with Crippen LogP contribution in [0.15, 0.2) is 9.59 Å². The van der Waals surface area contributed by atoms with Crippen LogP contribution in [-0.4, -0.2) is 21.2 Å². The second-order valence-corrected chi connectivity index (χ2v) is 4.19. The highest BCUT2D eigenvalue weighted by Crippen LogP contribution is 2.08. The number of imidazole rings is 1. The highest BCUT2D eigenvalue weighted by atomic mass is 16.5. The number of fused-ring (bicyclic) bond motifs is 1. The van der Waals surface area contributed by atoms with Gasteiger partial charge in [0.15, 0.2) is 0 Å². The Morgan fingerprint density at radius 1 is 1.28 bits per heavy atom. The van der Waals surface area contributed by atoms with Crippen LogP contribution in [0.1, 0.15) is 13.3 Å². The fourth-order valence-electron chi connectivity index (χ4n) is 2.08. The van der Waals surface area contributed by atoms with Crippen molar-refractivity contribution in [3.63, 3.8) is 0 Å². The van der Waals surface area contributed by atoms with Gasteiger partial charge < -0.3 is 4.74 Å². The van der Waals surface area contributed by atoms with Crippen molar-refractivity contribution in [1.82, 2.24) is 14.1 Å². The van der Waals surface area contributed by atoms with Crippen LogP contribution in [0.5, 0.6) is 6.01 Å². The number of hydrogen-bond donors (Lipinski definition) is 1. The summed E-state index contributed by atoms with van der Waals surface area (Å²) in [4.78, 5) is 27.0. The molecule has 0 spiro atoms. The molecule has 7 heteroatoms. The molecule has 0 saturated heterocycles. The van der Waals surface area contributed by atoms with Gasteiger partial charge in [-0.3, -0.25) is 13.9 Å². The van der Waals surface area contributed by atoms with E-state index in [0.29, 0.717) is 23.7 Å². The van der Waals surface area contributed by atoms with Crippen LogP contribution >= 0.6 is 0 Å². The lowest BCUT2D eigenvalue weighted by atomic mass is 10.4. The molecule has 2 rings (SSSR count). The molecule has 0 aliphatic heterocycles. The maximum absolute atomic E-state index is 12.2. The Hall–Kier alpha value is -2.05. The molecular weight excluding hydrogens is 236 g/mol. The molecule has 0 bridgehead atoms. The fourth-order valence-corrected chi connectivity index (χ4v) is 2.08. The van der Waals surface area contributed by atoms with Gasteiger partial charge >= 0.3 is 17.3 Å². The number of rotatable bonds is 3. The molecule has 0 aromatic carbocycles. The van der Waals surface area contributed by atoms with Gasteiger partial charge in [-0.15, -0.1) is 0 Å². The van der Waals surface area contributed by atoms with Crippen molar-refractivity contribution in [3.8, 4) is 6.01 Å². The topological polar surface area (TPSA) is 72.9 Å². The molecule has 2 aromatic rings. The maximum atomic E-state index is 12.2. The lowest BCUT2D eigenvalue weighted by molar-refractivity contribution is -0.676. The van der Waals surface area contributed by atoms with Gasteiger partial charge in [0, 0.05) is 14.1 Å². The van der Waals surface area contributed by atoms with Crippen LogP contribution in [-0.2, 0) is 20.6 Å². The third-order valence-electron chi connectivity index (χ3n) is 3.02. The number of methoxy groups -OCH3 is 1. The summed E-state index contributed by atoms with van der Waals surface area (Å²) in [6, 6.07) is 0.477. The summed E-state index contributed by atoms with van der Waals surface area (Å²) >= 11 is 0. The van der Waals surface area contributed by atoms with Gasteiger partial charge in [0.2, 0.25) is 0 Å². The van der Waals surface area contributed by atoms with E-state index in [9.17, 15) is 9.59 Å². The number of nitrogens with one attached hydrogen (secondary N) is 1. The molecule has 0 aliphatic carbocycles. The van der Waals surface area contributed by atoms with E-state index < -0.39 is 0 Å². The van der Waals surface area contributed by atoms with Crippen LogP contribution in [0.2, 0.25) is 0 Å². The van der Waals surface area contributed by atoms with Gasteiger partial charge in [-0.25, -0.2) is 4.79 Å². The van der Waals surface area contributed by atoms with Gasteiger partial charge in [-0.1, -0.05) is 6.92 Å². The molecule has 0 unspecified atom stereocenters. The summed E-state index contributed by atoms with van der Waals surface area (Å²) < 4.78 is 9.48. The standard InChI is InChI=1S/C11H16N4O3/c1-5-6-15-7-8(12-10(15)18-4)13(2)11(17)14(3)9(7)16/h5-6H2,1-4H3/p+1. The molecule has 0 atom stereocenters. The van der Waals surface area contributed by atoms with Gasteiger partial charge in [0.05, 0.1) is 13.7 Å². The number of aromatic nitrogens is 4. The van der Waals surface area contributed by atoms with Gasteiger partial charge in [0.25, 0.3) is 11.2 Å². The predicted molar refractivity (Wildman–Crippen MR) is 65.8 cm³/mol. The Morgan fingerprint density at radius 2 is 1.94 bits per heavy atom. The van der Waals surface area contributed by atoms with E-state index in [-0.39, 0.29) is 11.2 Å². The SMILES string of the molecule is CCC[n+]1c(OC)[nH]c2c1c(=O)n(C)c(=O)n2C. The molecule has 7 nitrogen and oxygen atoms in total. The van der Waals surface area contributed by atoms with E-state index in [1.54, 1.807) is 11.6 Å². The minimum atomic E-state index is -0.361. The molecule has 0 radical (unpaired) electrons. The second-order valence-electron chi connectivity index (χ2n) is 4.19. The van der Waals surface area contributed by atoms with Gasteiger partial charge in [-0.2, -0.15) is 9.55 Å². The smallest absolute Gasteiger partial charge is 0.434 e. The molecule has 0 amide bonds. The molecule has 2 heterocycles. The number of nitrogens with zero attached hydrogens (tertiary/aromatic N) is 3. The maximum Gasteiger partial charge on any atom is 0.456 e. The summed E-state index contributed by atoms with van der Waals surface area (Å²) in [5.74, 6) is 0. The quantitative estimate of drug-likeness (QED) is 0.733. The lowest BCUT2D eigenvalue weighted by Crippen LogP contribution is -2.44. The molecule has 18 heavy (non-hydrogen) atoms. The summed E-state index contributed by atoms with van der Waals surface area (Å²) in [5.41, 5.74) is 0.257. The van der Waals surface area contributed by atoms with Crippen LogP contribution in [0, 0.1) is 0 Å². The van der Waals surface area contributed by atoms with Crippen LogP contribution < -0.4 is 20.6 Å². The number of aryl methyl sites for hydroxylation is 2. The number of aromatic amines is 1. The van der Waals surface area contributed by atoms with Crippen molar-refractivity contribution in [2.45, 2.75) is 19.9 Å². The van der Waals surface area contributed by atoms with Crippen molar-refractivity contribution in [2.24, 2.45) is 14.1 Å². The third kappa shape index (κ3) is 1.54. The van der Waals surface area contributed by atoms with Crippen molar-refractivity contribution in [1.29, 1.82) is 0 Å². The zero-order chi connectivity index (χ0) is 13.4. The van der Waals surface area contributed by atoms with Crippen molar-refractivity contribution in [2.75, 3.05) is 7.11 Å². The van der Waals surface area contributed by atoms with Crippen LogP contribution in [0.3, 0.4) is 0 Å². The summed E-state index contributed by atoms with van der Waals surface area (Å²) in [6.45, 7) is 2.66. The van der Waals surface area contributed by atoms with Crippen molar-refractivity contribution in [3.05, 3.63) is 20.8 Å². The van der Waals surface area contributed by atoms with Crippen molar-refractivity contribution >= 4 is 11.2 Å². The lowest BCUT2D eigenvalue weighted by Gasteiger charge is -2.01. The monoisotopic (exact) mass is 253 g/mol. The Labute approximate surface area is 103 Å². The Kier molecular flexibility index (Phi) is 2.98. The summed E-state index contributed by atoms with van der Waals surface area (Å²) in [6.07, 6.45) is 0.861. The first-order valence-electron chi connectivity index (χ1n) is 5.78. The average Bonchev–Trinajstić information content (AvgIpc) is 2.73. The van der Waals surface area contributed by atoms with Crippen LogP contribution in [0.25, 0.3) is 11.2 Å². The molecule has 98 valence electrons. The zero-order valence-electron chi connectivity index (χ0n) is 11.0. The highest BCUT2D eigenvalue weighted by molar-refractivity contribution is 5.66. The van der Waals surface area contributed by atoms with E-state index in [1.807, 2.05) is 6.92 Å². The molecule has 0 saturated carbocycles. The minimum absolute atomic E-state index is 0.318. The Balaban J connectivity index is 3.00. The first-order valence-corrected chi connectivity index (χ1v) is 5.78. The van der Waals surface area contributed by atoms with Gasteiger partial charge in [0.1, 0.15) is 0 Å². The fraction of sp³-hybridized carbons (Fsp3) is 0.545. The molecule has 0 fully saturated rings. The summed E-state index contributed by atoms with van der Waals surface area (Å²) in [5, 5.41) is 0.